The van der Waals surface area contributed by atoms with Crippen LogP contribution >= 0.6 is 11.6 Å². The second-order valence-electron chi connectivity index (χ2n) is 6.54. The van der Waals surface area contributed by atoms with E-state index in [0.29, 0.717) is 0 Å². The van der Waals surface area contributed by atoms with Gasteiger partial charge in [-0.05, 0) is 56.5 Å². The number of hydrogen-bond donors (Lipinski definition) is 1. The molecule has 2 atom stereocenters. The second kappa shape index (κ2) is 6.95. The third-order valence-electron chi connectivity index (χ3n) is 4.49. The van der Waals surface area contributed by atoms with E-state index < -0.39 is 0 Å². The Morgan fingerprint density at radius 1 is 1.35 bits per heavy atom. The van der Waals surface area contributed by atoms with Gasteiger partial charge in [-0.15, -0.1) is 0 Å². The first-order valence-electron chi connectivity index (χ1n) is 7.93. The van der Waals surface area contributed by atoms with E-state index >= 15 is 0 Å². The van der Waals surface area contributed by atoms with Crippen molar-refractivity contribution in [3.8, 4) is 0 Å². The Kier molecular flexibility index (Phi) is 5.50. The molecule has 4 heteroatoms. The van der Waals surface area contributed by atoms with E-state index in [0.717, 1.165) is 54.4 Å². The van der Waals surface area contributed by atoms with E-state index in [2.05, 4.69) is 31.2 Å². The SMILES string of the molecule is CCc1nn(C)c(CC2CCC2CNCC(C)C)c1Cl. The number of aromatic nitrogens is 2. The quantitative estimate of drug-likeness (QED) is 0.835. The summed E-state index contributed by atoms with van der Waals surface area (Å²) in [5, 5.41) is 9.01. The van der Waals surface area contributed by atoms with Crippen LogP contribution in [0.5, 0.6) is 0 Å². The minimum absolute atomic E-state index is 0.729. The van der Waals surface area contributed by atoms with Crippen molar-refractivity contribution in [1.29, 1.82) is 0 Å². The van der Waals surface area contributed by atoms with E-state index in [1.807, 2.05) is 11.7 Å². The summed E-state index contributed by atoms with van der Waals surface area (Å²) in [5.41, 5.74) is 2.26. The Balaban J connectivity index is 1.89. The largest absolute Gasteiger partial charge is 0.316 e. The number of aryl methyl sites for hydroxylation is 2. The summed E-state index contributed by atoms with van der Waals surface area (Å²) in [7, 11) is 2.02. The molecule has 0 aromatic carbocycles. The summed E-state index contributed by atoms with van der Waals surface area (Å²) < 4.78 is 1.98. The van der Waals surface area contributed by atoms with Gasteiger partial charge in [0.25, 0.3) is 0 Å². The molecule has 1 aliphatic carbocycles. The van der Waals surface area contributed by atoms with Crippen LogP contribution in [-0.4, -0.2) is 22.9 Å². The molecule has 0 saturated heterocycles. The van der Waals surface area contributed by atoms with Gasteiger partial charge >= 0.3 is 0 Å². The molecule has 0 bridgehead atoms. The molecule has 0 radical (unpaired) electrons. The predicted molar refractivity (Wildman–Crippen MR) is 85.2 cm³/mol. The van der Waals surface area contributed by atoms with Gasteiger partial charge in [-0.2, -0.15) is 5.10 Å². The maximum Gasteiger partial charge on any atom is 0.0849 e. The number of rotatable bonds is 7. The Hall–Kier alpha value is -0.540. The van der Waals surface area contributed by atoms with Crippen LogP contribution in [-0.2, 0) is 19.9 Å². The molecule has 0 amide bonds. The average molecular weight is 298 g/mol. The fraction of sp³-hybridized carbons (Fsp3) is 0.812. The molecule has 1 aliphatic rings. The fourth-order valence-corrected chi connectivity index (χ4v) is 3.39. The van der Waals surface area contributed by atoms with Gasteiger partial charge in [0, 0.05) is 7.05 Å². The number of nitrogens with zero attached hydrogens (tertiary/aromatic N) is 2. The van der Waals surface area contributed by atoms with Gasteiger partial charge in [-0.3, -0.25) is 4.68 Å². The molecule has 3 nitrogen and oxygen atoms in total. The van der Waals surface area contributed by atoms with E-state index in [1.54, 1.807) is 0 Å². The summed E-state index contributed by atoms with van der Waals surface area (Å²) >= 11 is 6.45. The summed E-state index contributed by atoms with van der Waals surface area (Å²) in [4.78, 5) is 0. The molecule has 2 rings (SSSR count). The molecular formula is C16H28ClN3. The van der Waals surface area contributed by atoms with Crippen LogP contribution in [0.3, 0.4) is 0 Å². The normalized spacial score (nSPS) is 22.3. The van der Waals surface area contributed by atoms with Crippen molar-refractivity contribution in [3.63, 3.8) is 0 Å². The lowest BCUT2D eigenvalue weighted by Gasteiger charge is -2.37. The lowest BCUT2D eigenvalue weighted by molar-refractivity contribution is 0.167. The molecule has 1 aromatic heterocycles. The van der Waals surface area contributed by atoms with Gasteiger partial charge in [-0.25, -0.2) is 0 Å². The molecule has 114 valence electrons. The highest BCUT2D eigenvalue weighted by molar-refractivity contribution is 6.31. The van der Waals surface area contributed by atoms with Gasteiger partial charge in [0.2, 0.25) is 0 Å². The van der Waals surface area contributed by atoms with Gasteiger partial charge in [0.05, 0.1) is 16.4 Å². The topological polar surface area (TPSA) is 29.9 Å². The molecule has 2 unspecified atom stereocenters. The van der Waals surface area contributed by atoms with E-state index in [1.165, 1.54) is 18.5 Å². The summed E-state index contributed by atoms with van der Waals surface area (Å²) in [6, 6.07) is 0. The van der Waals surface area contributed by atoms with Gasteiger partial charge < -0.3 is 5.32 Å². The van der Waals surface area contributed by atoms with Gasteiger partial charge in [0.15, 0.2) is 0 Å². The molecule has 1 N–H and O–H groups in total. The molecule has 20 heavy (non-hydrogen) atoms. The Morgan fingerprint density at radius 3 is 2.55 bits per heavy atom. The van der Waals surface area contributed by atoms with Crippen LogP contribution in [0.15, 0.2) is 0 Å². The predicted octanol–water partition coefficient (Wildman–Crippen LogP) is 3.45. The minimum atomic E-state index is 0.729. The van der Waals surface area contributed by atoms with Crippen LogP contribution in [0.2, 0.25) is 5.02 Å². The molecule has 1 heterocycles. The fourth-order valence-electron chi connectivity index (χ4n) is 3.02. The number of halogens is 1. The second-order valence-corrected chi connectivity index (χ2v) is 6.92. The standard InChI is InChI=1S/C16H28ClN3/c1-5-14-16(17)15(20(4)19-14)8-12-6-7-13(12)10-18-9-11(2)3/h11-13,18H,5-10H2,1-4H3. The maximum absolute atomic E-state index is 6.45. The third kappa shape index (κ3) is 3.56. The van der Waals surface area contributed by atoms with Crippen LogP contribution in [0.25, 0.3) is 0 Å². The summed E-state index contributed by atoms with van der Waals surface area (Å²) in [6.45, 7) is 8.90. The minimum Gasteiger partial charge on any atom is -0.316 e. The van der Waals surface area contributed by atoms with Crippen molar-refractivity contribution < 1.29 is 0 Å². The third-order valence-corrected chi connectivity index (χ3v) is 4.93. The lowest BCUT2D eigenvalue weighted by Crippen LogP contribution is -2.37. The smallest absolute Gasteiger partial charge is 0.0849 e. The molecule has 1 saturated carbocycles. The molecule has 1 fully saturated rings. The number of hydrogen-bond acceptors (Lipinski definition) is 2. The molecule has 0 aliphatic heterocycles. The highest BCUT2D eigenvalue weighted by Crippen LogP contribution is 2.38. The Labute approximate surface area is 128 Å². The number of nitrogens with one attached hydrogen (secondary N) is 1. The Bertz CT molecular complexity index is 439. The highest BCUT2D eigenvalue weighted by Gasteiger charge is 2.32. The molecular weight excluding hydrogens is 270 g/mol. The van der Waals surface area contributed by atoms with Crippen LogP contribution < -0.4 is 5.32 Å². The van der Waals surface area contributed by atoms with E-state index in [4.69, 9.17) is 11.6 Å². The van der Waals surface area contributed by atoms with Crippen molar-refractivity contribution in [2.24, 2.45) is 24.8 Å². The zero-order chi connectivity index (χ0) is 14.7. The lowest BCUT2D eigenvalue weighted by atomic mass is 9.71. The van der Waals surface area contributed by atoms with E-state index in [9.17, 15) is 0 Å². The first-order valence-corrected chi connectivity index (χ1v) is 8.31. The van der Waals surface area contributed by atoms with E-state index in [-0.39, 0.29) is 0 Å². The zero-order valence-corrected chi connectivity index (χ0v) is 14.0. The Morgan fingerprint density at radius 2 is 2.05 bits per heavy atom. The van der Waals surface area contributed by atoms with Gasteiger partial charge in [-0.1, -0.05) is 32.4 Å². The van der Waals surface area contributed by atoms with Crippen molar-refractivity contribution in [2.75, 3.05) is 13.1 Å². The van der Waals surface area contributed by atoms with Crippen LogP contribution in [0.1, 0.15) is 45.0 Å². The van der Waals surface area contributed by atoms with Crippen molar-refractivity contribution in [1.82, 2.24) is 15.1 Å². The first kappa shape index (κ1) is 15.8. The average Bonchev–Trinajstić information content (AvgIpc) is 2.65. The zero-order valence-electron chi connectivity index (χ0n) is 13.2. The first-order chi connectivity index (χ1) is 9.52. The van der Waals surface area contributed by atoms with Crippen molar-refractivity contribution >= 4 is 11.6 Å². The van der Waals surface area contributed by atoms with Crippen molar-refractivity contribution in [2.45, 2.75) is 46.5 Å². The highest BCUT2D eigenvalue weighted by atomic mass is 35.5. The molecule has 1 aromatic rings. The summed E-state index contributed by atoms with van der Waals surface area (Å²) in [6.07, 6.45) is 4.68. The van der Waals surface area contributed by atoms with Gasteiger partial charge in [0.1, 0.15) is 0 Å². The monoisotopic (exact) mass is 297 g/mol. The maximum atomic E-state index is 6.45. The van der Waals surface area contributed by atoms with Crippen LogP contribution in [0, 0.1) is 17.8 Å². The van der Waals surface area contributed by atoms with Crippen molar-refractivity contribution in [3.05, 3.63) is 16.4 Å². The molecule has 0 spiro atoms. The summed E-state index contributed by atoms with van der Waals surface area (Å²) in [5.74, 6) is 2.31. The van der Waals surface area contributed by atoms with Crippen LogP contribution in [0.4, 0.5) is 0 Å².